The summed E-state index contributed by atoms with van der Waals surface area (Å²) >= 11 is 0. The molecule has 0 aliphatic heterocycles. The minimum atomic E-state index is -4.41. The molecule has 23 heavy (non-hydrogen) atoms. The molecule has 2 aromatic heterocycles. The fourth-order valence-corrected chi connectivity index (χ4v) is 1.76. The Morgan fingerprint density at radius 2 is 1.91 bits per heavy atom. The van der Waals surface area contributed by atoms with Gasteiger partial charge in [-0.1, -0.05) is 0 Å². The van der Waals surface area contributed by atoms with Crippen LogP contribution in [-0.4, -0.2) is 36.6 Å². The van der Waals surface area contributed by atoms with Gasteiger partial charge in [0.1, 0.15) is 18.9 Å². The van der Waals surface area contributed by atoms with Crippen LogP contribution in [0.5, 0.6) is 5.75 Å². The minimum Gasteiger partial charge on any atom is -0.486 e. The number of alkyl halides is 3. The van der Waals surface area contributed by atoms with E-state index < -0.39 is 12.7 Å². The molecule has 0 amide bonds. The van der Waals surface area contributed by atoms with Gasteiger partial charge in [-0.15, -0.1) is 15.3 Å². The van der Waals surface area contributed by atoms with Gasteiger partial charge < -0.3 is 9.15 Å². The molecule has 120 valence electrons. The van der Waals surface area contributed by atoms with Gasteiger partial charge in [-0.2, -0.15) is 13.2 Å². The van der Waals surface area contributed by atoms with E-state index in [-0.39, 0.29) is 12.4 Å². The van der Waals surface area contributed by atoms with Gasteiger partial charge in [0.15, 0.2) is 5.82 Å². The normalized spacial score (nSPS) is 11.6. The Morgan fingerprint density at radius 3 is 2.57 bits per heavy atom. The zero-order valence-electron chi connectivity index (χ0n) is 11.4. The highest BCUT2D eigenvalue weighted by Gasteiger charge is 2.30. The van der Waals surface area contributed by atoms with E-state index in [4.69, 9.17) is 9.15 Å². The third-order valence-electron chi connectivity index (χ3n) is 2.76. The van der Waals surface area contributed by atoms with Crippen molar-refractivity contribution in [1.82, 2.24) is 30.4 Å². The number of rotatable bonds is 5. The average Bonchev–Trinajstić information content (AvgIpc) is 3.16. The molecule has 0 N–H and O–H groups in total. The van der Waals surface area contributed by atoms with E-state index in [9.17, 15) is 13.2 Å². The molecule has 0 atom stereocenters. The van der Waals surface area contributed by atoms with Crippen LogP contribution in [-0.2, 0) is 13.2 Å². The molecule has 0 spiro atoms. The van der Waals surface area contributed by atoms with Crippen molar-refractivity contribution < 1.29 is 22.3 Å². The Hall–Kier alpha value is -2.98. The van der Waals surface area contributed by atoms with Crippen molar-refractivity contribution in [2.45, 2.75) is 19.3 Å². The van der Waals surface area contributed by atoms with Crippen molar-refractivity contribution in [1.29, 1.82) is 0 Å². The number of nitrogens with zero attached hydrogens (tertiary/aromatic N) is 6. The first kappa shape index (κ1) is 14.9. The Bertz CT molecular complexity index is 754. The van der Waals surface area contributed by atoms with Gasteiger partial charge in [0.25, 0.3) is 0 Å². The summed E-state index contributed by atoms with van der Waals surface area (Å²) in [4.78, 5) is 0. The lowest BCUT2D eigenvalue weighted by Gasteiger charge is -2.09. The predicted molar refractivity (Wildman–Crippen MR) is 67.9 cm³/mol. The highest BCUT2D eigenvalue weighted by molar-refractivity contribution is 5.53. The topological polar surface area (TPSA) is 91.8 Å². The van der Waals surface area contributed by atoms with Crippen LogP contribution in [0.2, 0.25) is 0 Å². The first-order chi connectivity index (χ1) is 11.0. The summed E-state index contributed by atoms with van der Waals surface area (Å²) in [5, 5.41) is 17.3. The summed E-state index contributed by atoms with van der Waals surface area (Å²) in [6, 6.07) is 6.61. The van der Waals surface area contributed by atoms with Crippen molar-refractivity contribution in [2.75, 3.05) is 0 Å². The van der Waals surface area contributed by atoms with E-state index in [1.54, 1.807) is 24.3 Å². The van der Waals surface area contributed by atoms with Crippen molar-refractivity contribution in [3.05, 3.63) is 36.5 Å². The summed E-state index contributed by atoms with van der Waals surface area (Å²) < 4.78 is 48.2. The van der Waals surface area contributed by atoms with Gasteiger partial charge in [0.2, 0.25) is 12.3 Å². The SMILES string of the molecule is FC(F)(F)Cn1nnnc1COc1ccc(-c2nnco2)cc1. The molecular formula is C12H9F3N6O2. The van der Waals surface area contributed by atoms with E-state index in [2.05, 4.69) is 25.7 Å². The molecule has 11 heteroatoms. The average molecular weight is 326 g/mol. The standard InChI is InChI=1S/C12H9F3N6O2/c13-12(14,15)6-21-10(17-19-20-21)5-22-9-3-1-8(2-4-9)11-18-16-7-23-11/h1-4,7H,5-6H2. The first-order valence-electron chi connectivity index (χ1n) is 6.32. The number of aromatic nitrogens is 6. The summed E-state index contributed by atoms with van der Waals surface area (Å²) in [5.74, 6) is 0.767. The van der Waals surface area contributed by atoms with Crippen molar-refractivity contribution in [3.8, 4) is 17.2 Å². The van der Waals surface area contributed by atoms with Crippen molar-refractivity contribution >= 4 is 0 Å². The number of benzene rings is 1. The lowest BCUT2D eigenvalue weighted by molar-refractivity contribution is -0.143. The Morgan fingerprint density at radius 1 is 1.13 bits per heavy atom. The predicted octanol–water partition coefficient (Wildman–Crippen LogP) is 1.86. The molecule has 0 saturated carbocycles. The molecule has 3 rings (SSSR count). The second-order valence-corrected chi connectivity index (χ2v) is 4.42. The maximum Gasteiger partial charge on any atom is 0.408 e. The van der Waals surface area contributed by atoms with Crippen LogP contribution in [0.15, 0.2) is 35.1 Å². The highest BCUT2D eigenvalue weighted by atomic mass is 19.4. The Balaban J connectivity index is 1.64. The summed E-state index contributed by atoms with van der Waals surface area (Å²) in [5.41, 5.74) is 0.691. The molecule has 0 fully saturated rings. The van der Waals surface area contributed by atoms with Crippen LogP contribution in [0.3, 0.4) is 0 Å². The molecule has 0 saturated heterocycles. The third-order valence-corrected chi connectivity index (χ3v) is 2.76. The molecule has 0 aliphatic carbocycles. The summed E-state index contributed by atoms with van der Waals surface area (Å²) in [6.07, 6.45) is -3.20. The van der Waals surface area contributed by atoms with Gasteiger partial charge in [0, 0.05) is 5.56 Å². The van der Waals surface area contributed by atoms with E-state index in [0.717, 1.165) is 0 Å². The maximum absolute atomic E-state index is 12.4. The van der Waals surface area contributed by atoms with Crippen molar-refractivity contribution in [3.63, 3.8) is 0 Å². The second kappa shape index (κ2) is 6.02. The Labute approximate surface area is 126 Å². The second-order valence-electron chi connectivity index (χ2n) is 4.42. The minimum absolute atomic E-state index is 0.0247. The lowest BCUT2D eigenvalue weighted by Crippen LogP contribution is -2.21. The van der Waals surface area contributed by atoms with Crippen LogP contribution in [0.4, 0.5) is 13.2 Å². The smallest absolute Gasteiger partial charge is 0.408 e. The van der Waals surface area contributed by atoms with Gasteiger partial charge in [-0.05, 0) is 34.7 Å². The molecule has 0 radical (unpaired) electrons. The quantitative estimate of drug-likeness (QED) is 0.706. The van der Waals surface area contributed by atoms with Gasteiger partial charge in [-0.25, -0.2) is 4.68 Å². The largest absolute Gasteiger partial charge is 0.486 e. The maximum atomic E-state index is 12.4. The fourth-order valence-electron chi connectivity index (χ4n) is 1.76. The fraction of sp³-hybridized carbons (Fsp3) is 0.250. The van der Waals surface area contributed by atoms with E-state index >= 15 is 0 Å². The first-order valence-corrected chi connectivity index (χ1v) is 6.32. The molecule has 3 aromatic rings. The molecule has 0 aliphatic rings. The number of tetrazole rings is 1. The summed E-state index contributed by atoms with van der Waals surface area (Å²) in [7, 11) is 0. The zero-order chi connectivity index (χ0) is 16.3. The van der Waals surface area contributed by atoms with E-state index in [1.807, 2.05) is 0 Å². The van der Waals surface area contributed by atoms with Gasteiger partial charge in [0.05, 0.1) is 0 Å². The van der Waals surface area contributed by atoms with Crippen LogP contribution in [0.1, 0.15) is 5.82 Å². The monoisotopic (exact) mass is 326 g/mol. The van der Waals surface area contributed by atoms with Crippen LogP contribution < -0.4 is 4.74 Å². The van der Waals surface area contributed by atoms with Gasteiger partial charge >= 0.3 is 6.18 Å². The van der Waals surface area contributed by atoms with E-state index in [0.29, 0.717) is 21.9 Å². The third kappa shape index (κ3) is 3.81. The van der Waals surface area contributed by atoms with Crippen LogP contribution >= 0.6 is 0 Å². The molecule has 0 bridgehead atoms. The zero-order valence-corrected chi connectivity index (χ0v) is 11.4. The van der Waals surface area contributed by atoms with Crippen LogP contribution in [0, 0.1) is 0 Å². The van der Waals surface area contributed by atoms with Crippen LogP contribution in [0.25, 0.3) is 11.5 Å². The molecule has 8 nitrogen and oxygen atoms in total. The van der Waals surface area contributed by atoms with E-state index in [1.165, 1.54) is 6.39 Å². The number of hydrogen-bond donors (Lipinski definition) is 0. The molecular weight excluding hydrogens is 317 g/mol. The van der Waals surface area contributed by atoms with Gasteiger partial charge in [-0.3, -0.25) is 0 Å². The van der Waals surface area contributed by atoms with Crippen molar-refractivity contribution in [2.24, 2.45) is 0 Å². The Kier molecular flexibility index (Phi) is 3.91. The highest BCUT2D eigenvalue weighted by Crippen LogP contribution is 2.21. The number of halogens is 3. The summed E-state index contributed by atoms with van der Waals surface area (Å²) in [6.45, 7) is -1.46. The number of hydrogen-bond acceptors (Lipinski definition) is 7. The lowest BCUT2D eigenvalue weighted by atomic mass is 10.2. The molecule has 1 aromatic carbocycles. The molecule has 2 heterocycles. The molecule has 0 unspecified atom stereocenters. The number of ether oxygens (including phenoxy) is 1.